The highest BCUT2D eigenvalue weighted by Crippen LogP contribution is 2.32. The second kappa shape index (κ2) is 9.60. The van der Waals surface area contributed by atoms with E-state index >= 15 is 0 Å². The normalized spacial score (nSPS) is 23.5. The Balaban J connectivity index is 0.000000360. The van der Waals surface area contributed by atoms with Crippen molar-refractivity contribution in [2.45, 2.75) is 25.1 Å². The number of carbonyl (C=O) groups is 3. The van der Waals surface area contributed by atoms with Gasteiger partial charge in [0.15, 0.2) is 0 Å². The van der Waals surface area contributed by atoms with Gasteiger partial charge in [0.05, 0.1) is 11.0 Å². The minimum atomic E-state index is -5.08. The fourth-order valence-electron chi connectivity index (χ4n) is 3.77. The zero-order valence-electron chi connectivity index (χ0n) is 17.2. The van der Waals surface area contributed by atoms with Crippen molar-refractivity contribution in [3.05, 3.63) is 42.0 Å². The second-order valence-corrected chi connectivity index (χ2v) is 7.88. The largest absolute Gasteiger partial charge is 0.490 e. The molecule has 2 amide bonds. The monoisotopic (exact) mass is 455 g/mol. The van der Waals surface area contributed by atoms with Gasteiger partial charge in [0, 0.05) is 32.2 Å². The van der Waals surface area contributed by atoms with Gasteiger partial charge in [-0.05, 0) is 25.0 Å². The highest BCUT2D eigenvalue weighted by molar-refractivity contribution is 5.97. The maximum absolute atomic E-state index is 13.0. The fourth-order valence-corrected chi connectivity index (χ4v) is 3.77. The van der Waals surface area contributed by atoms with Crippen LogP contribution in [-0.4, -0.2) is 72.8 Å². The average molecular weight is 455 g/mol. The molecule has 0 aromatic heterocycles. The summed E-state index contributed by atoms with van der Waals surface area (Å²) in [5, 5.41) is 13.4. The number of nitrogens with zero attached hydrogens (tertiary/aromatic N) is 1. The summed E-state index contributed by atoms with van der Waals surface area (Å²) in [6.45, 7) is 3.10. The number of alkyl halides is 3. The van der Waals surface area contributed by atoms with E-state index in [1.807, 2.05) is 35.3 Å². The Bertz CT molecular complexity index is 899. The lowest BCUT2D eigenvalue weighted by atomic mass is 9.77. The molecule has 3 N–H and O–H groups in total. The molecule has 4 rings (SSSR count). The first-order valence-electron chi connectivity index (χ1n) is 10.1. The zero-order valence-corrected chi connectivity index (χ0v) is 17.2. The first-order chi connectivity index (χ1) is 15.1. The summed E-state index contributed by atoms with van der Waals surface area (Å²) in [6, 6.07) is 7.28. The minimum Gasteiger partial charge on any atom is -0.489 e. The lowest BCUT2D eigenvalue weighted by Crippen LogP contribution is -2.61. The van der Waals surface area contributed by atoms with Crippen LogP contribution in [0.5, 0.6) is 5.75 Å². The van der Waals surface area contributed by atoms with E-state index in [-0.39, 0.29) is 23.3 Å². The van der Waals surface area contributed by atoms with E-state index in [0.717, 1.165) is 12.8 Å². The molecule has 2 fully saturated rings. The third-order valence-electron chi connectivity index (χ3n) is 5.58. The van der Waals surface area contributed by atoms with E-state index in [1.54, 1.807) is 6.07 Å². The Labute approximate surface area is 182 Å². The highest BCUT2D eigenvalue weighted by Gasteiger charge is 2.46. The molecule has 2 saturated heterocycles. The van der Waals surface area contributed by atoms with Crippen LogP contribution >= 0.6 is 0 Å². The first-order valence-corrected chi connectivity index (χ1v) is 10.1. The van der Waals surface area contributed by atoms with Crippen molar-refractivity contribution in [3.63, 3.8) is 0 Å². The number of carboxylic acid groups (broad SMARTS) is 1. The lowest BCUT2D eigenvalue weighted by Gasteiger charge is -2.43. The Morgan fingerprint density at radius 2 is 1.88 bits per heavy atom. The van der Waals surface area contributed by atoms with Crippen LogP contribution < -0.4 is 15.4 Å². The molecular formula is C21H24F3N3O5. The molecule has 1 aromatic carbocycles. The SMILES string of the molecule is O=C(O)C(F)(F)F.O=C1N[C@@H]2CCN(C2)C(=O)C2(C/C=C\COc3ccccc31)CNC2. The number of benzene rings is 1. The third-order valence-corrected chi connectivity index (χ3v) is 5.58. The molecule has 174 valence electrons. The van der Waals surface area contributed by atoms with Gasteiger partial charge in [-0.3, -0.25) is 9.59 Å². The molecule has 8 nitrogen and oxygen atoms in total. The van der Waals surface area contributed by atoms with Gasteiger partial charge in [0.2, 0.25) is 5.91 Å². The van der Waals surface area contributed by atoms with E-state index in [1.165, 1.54) is 0 Å². The topological polar surface area (TPSA) is 108 Å². The number of amides is 2. The van der Waals surface area contributed by atoms with Gasteiger partial charge in [0.1, 0.15) is 12.4 Å². The smallest absolute Gasteiger partial charge is 0.489 e. The standard InChI is InChI=1S/C19H23N3O3.C2HF3O2/c23-17-15-5-1-2-6-16(15)25-10-4-3-8-19(12-20-13-19)18(24)22-9-7-14(11-22)21-17;3-2(4,5)1(6)7/h1-6,14,20H,7-13H2,(H,21,23);(H,6,7)/b4-3-;/t14-;/m1./s1. The van der Waals surface area contributed by atoms with Gasteiger partial charge in [-0.25, -0.2) is 4.79 Å². The van der Waals surface area contributed by atoms with Gasteiger partial charge in [-0.1, -0.05) is 24.3 Å². The van der Waals surface area contributed by atoms with Gasteiger partial charge in [-0.2, -0.15) is 13.2 Å². The number of ether oxygens (including phenoxy) is 1. The summed E-state index contributed by atoms with van der Waals surface area (Å²) in [6.07, 6.45) is 0.387. The van der Waals surface area contributed by atoms with Crippen LogP contribution in [0.4, 0.5) is 13.2 Å². The molecule has 11 heteroatoms. The number of allylic oxidation sites excluding steroid dienone is 1. The minimum absolute atomic E-state index is 0.00641. The number of fused-ring (bicyclic) bond motifs is 3. The lowest BCUT2D eigenvalue weighted by molar-refractivity contribution is -0.192. The molecule has 1 spiro atoms. The average Bonchev–Trinajstić information content (AvgIpc) is 3.17. The van der Waals surface area contributed by atoms with Crippen LogP contribution in [0, 0.1) is 5.41 Å². The predicted molar refractivity (Wildman–Crippen MR) is 107 cm³/mol. The van der Waals surface area contributed by atoms with Crippen LogP contribution in [0.25, 0.3) is 0 Å². The number of rotatable bonds is 0. The van der Waals surface area contributed by atoms with Crippen molar-refractivity contribution in [3.8, 4) is 5.75 Å². The van der Waals surface area contributed by atoms with Crippen LogP contribution in [0.3, 0.4) is 0 Å². The van der Waals surface area contributed by atoms with Crippen LogP contribution in [0.2, 0.25) is 0 Å². The van der Waals surface area contributed by atoms with E-state index in [4.69, 9.17) is 14.6 Å². The van der Waals surface area contributed by atoms with Crippen LogP contribution in [0.1, 0.15) is 23.2 Å². The van der Waals surface area contributed by atoms with E-state index in [2.05, 4.69) is 10.6 Å². The number of carboxylic acids is 1. The number of aliphatic carboxylic acids is 1. The van der Waals surface area contributed by atoms with Crippen LogP contribution in [-0.2, 0) is 9.59 Å². The van der Waals surface area contributed by atoms with Crippen molar-refractivity contribution in [1.82, 2.24) is 15.5 Å². The number of hydrogen-bond donors (Lipinski definition) is 3. The summed E-state index contributed by atoms with van der Waals surface area (Å²) in [4.78, 5) is 36.4. The predicted octanol–water partition coefficient (Wildman–Crippen LogP) is 1.58. The number of carbonyl (C=O) groups excluding carboxylic acids is 2. The maximum Gasteiger partial charge on any atom is 0.490 e. The first kappa shape index (κ1) is 23.6. The van der Waals surface area contributed by atoms with Gasteiger partial charge < -0.3 is 25.4 Å². The number of hydrogen-bond acceptors (Lipinski definition) is 5. The molecule has 0 aliphatic carbocycles. The van der Waals surface area contributed by atoms with Gasteiger partial charge in [0.25, 0.3) is 5.91 Å². The second-order valence-electron chi connectivity index (χ2n) is 7.88. The summed E-state index contributed by atoms with van der Waals surface area (Å²) < 4.78 is 37.5. The molecule has 3 heterocycles. The fraction of sp³-hybridized carbons (Fsp3) is 0.476. The molecule has 3 aliphatic rings. The van der Waals surface area contributed by atoms with Crippen molar-refractivity contribution in [1.29, 1.82) is 0 Å². The van der Waals surface area contributed by atoms with E-state index in [0.29, 0.717) is 44.1 Å². The van der Waals surface area contributed by atoms with Gasteiger partial charge in [-0.15, -0.1) is 0 Å². The molecule has 2 bridgehead atoms. The third kappa shape index (κ3) is 5.39. The summed E-state index contributed by atoms with van der Waals surface area (Å²) in [5.41, 5.74) is 0.203. The molecule has 32 heavy (non-hydrogen) atoms. The Hall–Kier alpha value is -3.08. The number of para-hydroxylation sites is 1. The quantitative estimate of drug-likeness (QED) is 0.513. The number of halogens is 3. The molecule has 1 atom stereocenters. The maximum atomic E-state index is 13.0. The zero-order chi connectivity index (χ0) is 23.4. The molecular weight excluding hydrogens is 431 g/mol. The van der Waals surface area contributed by atoms with Crippen molar-refractivity contribution >= 4 is 17.8 Å². The Morgan fingerprint density at radius 1 is 1.19 bits per heavy atom. The summed E-state index contributed by atoms with van der Waals surface area (Å²) in [5.74, 6) is -2.11. The Morgan fingerprint density at radius 3 is 2.50 bits per heavy atom. The molecule has 0 saturated carbocycles. The van der Waals surface area contributed by atoms with Crippen molar-refractivity contribution in [2.75, 3.05) is 32.8 Å². The van der Waals surface area contributed by atoms with E-state index < -0.39 is 12.1 Å². The summed E-state index contributed by atoms with van der Waals surface area (Å²) >= 11 is 0. The molecule has 0 unspecified atom stereocenters. The Kier molecular flexibility index (Phi) is 7.07. The van der Waals surface area contributed by atoms with Crippen molar-refractivity contribution in [2.24, 2.45) is 5.41 Å². The van der Waals surface area contributed by atoms with Crippen LogP contribution in [0.15, 0.2) is 36.4 Å². The highest BCUT2D eigenvalue weighted by atomic mass is 19.4. The molecule has 3 aliphatic heterocycles. The summed E-state index contributed by atoms with van der Waals surface area (Å²) in [7, 11) is 0. The van der Waals surface area contributed by atoms with Gasteiger partial charge >= 0.3 is 12.1 Å². The molecule has 0 radical (unpaired) electrons. The molecule has 1 aromatic rings. The van der Waals surface area contributed by atoms with Crippen molar-refractivity contribution < 1.29 is 37.4 Å². The number of nitrogens with one attached hydrogen (secondary N) is 2. The van der Waals surface area contributed by atoms with E-state index in [9.17, 15) is 22.8 Å².